The summed E-state index contributed by atoms with van der Waals surface area (Å²) in [5.74, 6) is 0.00140. The number of hydrogen-bond acceptors (Lipinski definition) is 4. The summed E-state index contributed by atoms with van der Waals surface area (Å²) in [7, 11) is 2.98. The van der Waals surface area contributed by atoms with Gasteiger partial charge in [0.25, 0.3) is 0 Å². The van der Waals surface area contributed by atoms with E-state index in [1.54, 1.807) is 12.1 Å². The van der Waals surface area contributed by atoms with Gasteiger partial charge in [-0.25, -0.2) is 0 Å². The molecule has 5 heteroatoms. The van der Waals surface area contributed by atoms with E-state index in [9.17, 15) is 14.7 Å². The summed E-state index contributed by atoms with van der Waals surface area (Å²) in [5, 5.41) is 9.76. The first-order chi connectivity index (χ1) is 10.1. The number of rotatable bonds is 5. The monoisotopic (exact) mass is 292 g/mol. The van der Waals surface area contributed by atoms with E-state index in [1.807, 2.05) is 0 Å². The van der Waals surface area contributed by atoms with Crippen molar-refractivity contribution in [1.29, 1.82) is 0 Å². The van der Waals surface area contributed by atoms with Gasteiger partial charge in [-0.05, 0) is 30.5 Å². The molecule has 0 amide bonds. The first-order valence-electron chi connectivity index (χ1n) is 7.04. The number of hydrogen-bond donors (Lipinski definition) is 1. The predicted molar refractivity (Wildman–Crippen MR) is 77.3 cm³/mol. The Morgan fingerprint density at radius 3 is 2.19 bits per heavy atom. The Morgan fingerprint density at radius 2 is 1.71 bits per heavy atom. The van der Waals surface area contributed by atoms with Gasteiger partial charge in [0.15, 0.2) is 17.8 Å². The highest BCUT2D eigenvalue weighted by Crippen LogP contribution is 2.44. The molecule has 0 bridgehead atoms. The molecule has 1 fully saturated rings. The molecular weight excluding hydrogens is 272 g/mol. The highest BCUT2D eigenvalue weighted by atomic mass is 16.5. The Labute approximate surface area is 123 Å². The molecule has 114 valence electrons. The van der Waals surface area contributed by atoms with Crippen molar-refractivity contribution in [3.8, 4) is 11.5 Å². The molecule has 1 aliphatic carbocycles. The van der Waals surface area contributed by atoms with Gasteiger partial charge in [0, 0.05) is 5.56 Å². The number of carbonyl (C=O) groups excluding carboxylic acids is 1. The fourth-order valence-electron chi connectivity index (χ4n) is 3.16. The summed E-state index contributed by atoms with van der Waals surface area (Å²) in [4.78, 5) is 23.3. The summed E-state index contributed by atoms with van der Waals surface area (Å²) < 4.78 is 10.4. The topological polar surface area (TPSA) is 72.8 Å². The lowest BCUT2D eigenvalue weighted by Gasteiger charge is -2.34. The fourth-order valence-corrected chi connectivity index (χ4v) is 3.16. The Kier molecular flexibility index (Phi) is 4.50. The van der Waals surface area contributed by atoms with Crippen LogP contribution in [-0.2, 0) is 10.2 Å². The van der Waals surface area contributed by atoms with Crippen LogP contribution in [-0.4, -0.2) is 31.6 Å². The van der Waals surface area contributed by atoms with Gasteiger partial charge in [-0.15, -0.1) is 0 Å². The van der Waals surface area contributed by atoms with Crippen molar-refractivity contribution in [2.75, 3.05) is 14.2 Å². The van der Waals surface area contributed by atoms with E-state index in [4.69, 9.17) is 9.47 Å². The van der Waals surface area contributed by atoms with Gasteiger partial charge < -0.3 is 14.6 Å². The third-order valence-corrected chi connectivity index (χ3v) is 4.31. The molecule has 0 heterocycles. The number of carbonyl (C=O) groups is 2. The quantitative estimate of drug-likeness (QED) is 0.845. The maximum atomic E-state index is 11.9. The van der Waals surface area contributed by atoms with E-state index in [-0.39, 0.29) is 0 Å². The smallest absolute Gasteiger partial charge is 0.314 e. The molecule has 0 unspecified atom stereocenters. The molecule has 1 N–H and O–H groups in total. The zero-order chi connectivity index (χ0) is 15.5. The summed E-state index contributed by atoms with van der Waals surface area (Å²) in [6.07, 6.45) is 4.49. The standard InChI is InChI=1S/C16H20O5/c1-20-13-8-11(10-17)12(9-14(13)21-2)16(15(18)19)6-4-3-5-7-16/h8-10H,3-7H2,1-2H3,(H,18,19). The van der Waals surface area contributed by atoms with Gasteiger partial charge in [-0.1, -0.05) is 19.3 Å². The Bertz CT molecular complexity index is 544. The van der Waals surface area contributed by atoms with Crippen molar-refractivity contribution >= 4 is 12.3 Å². The van der Waals surface area contributed by atoms with Crippen molar-refractivity contribution in [3.05, 3.63) is 23.3 Å². The third-order valence-electron chi connectivity index (χ3n) is 4.31. The predicted octanol–water partition coefficient (Wildman–Crippen LogP) is 2.80. The number of benzene rings is 1. The van der Waals surface area contributed by atoms with Crippen LogP contribution in [0, 0.1) is 0 Å². The van der Waals surface area contributed by atoms with Crippen LogP contribution in [0.25, 0.3) is 0 Å². The van der Waals surface area contributed by atoms with E-state index in [0.29, 0.717) is 41.8 Å². The van der Waals surface area contributed by atoms with E-state index in [2.05, 4.69) is 0 Å². The SMILES string of the molecule is COc1cc(C=O)c(C2(C(=O)O)CCCCC2)cc1OC. The number of carboxylic acid groups (broad SMARTS) is 1. The second-order valence-corrected chi connectivity index (χ2v) is 5.36. The Hall–Kier alpha value is -2.04. The van der Waals surface area contributed by atoms with Gasteiger partial charge in [0.1, 0.15) is 0 Å². The maximum absolute atomic E-state index is 11.9. The summed E-state index contributed by atoms with van der Waals surface area (Å²) >= 11 is 0. The van der Waals surface area contributed by atoms with Gasteiger partial charge in [0.2, 0.25) is 0 Å². The highest BCUT2D eigenvalue weighted by molar-refractivity contribution is 5.88. The van der Waals surface area contributed by atoms with Gasteiger partial charge in [-0.2, -0.15) is 0 Å². The Balaban J connectivity index is 2.64. The minimum Gasteiger partial charge on any atom is -0.493 e. The molecule has 2 rings (SSSR count). The lowest BCUT2D eigenvalue weighted by molar-refractivity contribution is -0.145. The number of methoxy groups -OCH3 is 2. The molecule has 1 aromatic carbocycles. The largest absolute Gasteiger partial charge is 0.493 e. The lowest BCUT2D eigenvalue weighted by atomic mass is 9.68. The molecule has 21 heavy (non-hydrogen) atoms. The van der Waals surface area contributed by atoms with E-state index >= 15 is 0 Å². The minimum absolute atomic E-state index is 0.358. The van der Waals surface area contributed by atoms with Crippen molar-refractivity contribution in [3.63, 3.8) is 0 Å². The van der Waals surface area contributed by atoms with Crippen LogP contribution in [0.4, 0.5) is 0 Å². The van der Waals surface area contributed by atoms with Crippen molar-refractivity contribution < 1.29 is 24.2 Å². The van der Waals surface area contributed by atoms with Crippen LogP contribution < -0.4 is 9.47 Å². The maximum Gasteiger partial charge on any atom is 0.314 e. The van der Waals surface area contributed by atoms with Crippen LogP contribution in [0.2, 0.25) is 0 Å². The fraction of sp³-hybridized carbons (Fsp3) is 0.500. The molecular formula is C16H20O5. The molecule has 0 radical (unpaired) electrons. The van der Waals surface area contributed by atoms with Gasteiger partial charge in [0.05, 0.1) is 19.6 Å². The molecule has 1 saturated carbocycles. The van der Waals surface area contributed by atoms with Crippen LogP contribution in [0.5, 0.6) is 11.5 Å². The summed E-state index contributed by atoms with van der Waals surface area (Å²) in [6.45, 7) is 0. The number of carboxylic acids is 1. The second-order valence-electron chi connectivity index (χ2n) is 5.36. The zero-order valence-corrected chi connectivity index (χ0v) is 12.3. The van der Waals surface area contributed by atoms with E-state index in [1.165, 1.54) is 14.2 Å². The molecule has 0 saturated heterocycles. The summed E-state index contributed by atoms with van der Waals surface area (Å²) in [5.41, 5.74) is -0.118. The summed E-state index contributed by atoms with van der Waals surface area (Å²) in [6, 6.07) is 3.20. The second kappa shape index (κ2) is 6.16. The van der Waals surface area contributed by atoms with Crippen LogP contribution in [0.1, 0.15) is 48.0 Å². The average Bonchev–Trinajstić information content (AvgIpc) is 2.53. The average molecular weight is 292 g/mol. The number of aldehydes is 1. The van der Waals surface area contributed by atoms with Gasteiger partial charge in [-0.3, -0.25) is 9.59 Å². The van der Waals surface area contributed by atoms with E-state index in [0.717, 1.165) is 19.3 Å². The van der Waals surface area contributed by atoms with Crippen LogP contribution in [0.3, 0.4) is 0 Å². The molecule has 5 nitrogen and oxygen atoms in total. The zero-order valence-electron chi connectivity index (χ0n) is 12.3. The Morgan fingerprint density at radius 1 is 1.14 bits per heavy atom. The van der Waals surface area contributed by atoms with Gasteiger partial charge >= 0.3 is 5.97 Å². The molecule has 0 aliphatic heterocycles. The number of aliphatic carboxylic acids is 1. The van der Waals surface area contributed by atoms with Crippen molar-refractivity contribution in [2.24, 2.45) is 0 Å². The molecule has 1 aliphatic rings. The van der Waals surface area contributed by atoms with Crippen molar-refractivity contribution in [2.45, 2.75) is 37.5 Å². The first kappa shape index (κ1) is 15.4. The van der Waals surface area contributed by atoms with Crippen LogP contribution in [0.15, 0.2) is 12.1 Å². The van der Waals surface area contributed by atoms with Crippen molar-refractivity contribution in [1.82, 2.24) is 0 Å². The van der Waals surface area contributed by atoms with Crippen LogP contribution >= 0.6 is 0 Å². The lowest BCUT2D eigenvalue weighted by Crippen LogP contribution is -2.38. The minimum atomic E-state index is -1.01. The highest BCUT2D eigenvalue weighted by Gasteiger charge is 2.43. The molecule has 0 aromatic heterocycles. The normalized spacial score (nSPS) is 17.0. The third kappa shape index (κ3) is 2.60. The molecule has 0 atom stereocenters. The number of ether oxygens (including phenoxy) is 2. The molecule has 0 spiro atoms. The van der Waals surface area contributed by atoms with E-state index < -0.39 is 11.4 Å². The molecule has 1 aromatic rings. The first-order valence-corrected chi connectivity index (χ1v) is 7.04.